The van der Waals surface area contributed by atoms with Crippen LogP contribution in [0.25, 0.3) is 89.5 Å². The van der Waals surface area contributed by atoms with E-state index in [1.165, 1.54) is 0 Å². The summed E-state index contributed by atoms with van der Waals surface area (Å²) in [6, 6.07) is 32.0. The molecular formula is C45H29N3O. The first kappa shape index (κ1) is 19.9. The van der Waals surface area contributed by atoms with Crippen LogP contribution in [-0.4, -0.2) is 15.0 Å². The third kappa shape index (κ3) is 5.45. The quantitative estimate of drug-likeness (QED) is 0.182. The predicted octanol–water partition coefficient (Wildman–Crippen LogP) is 11.8. The van der Waals surface area contributed by atoms with Gasteiger partial charge in [0.25, 0.3) is 0 Å². The fourth-order valence-electron chi connectivity index (χ4n) is 5.99. The van der Waals surface area contributed by atoms with Crippen LogP contribution in [0, 0.1) is 0 Å². The van der Waals surface area contributed by atoms with Crippen molar-refractivity contribution in [2.75, 3.05) is 0 Å². The standard InChI is InChI=1S/C45H29N3O/c1-4-11-30(12-5-1)31-19-21-32(22-20-31)33-23-25-34(26-24-33)38-17-10-18-41-42(38)39-29-37(27-28-40(39)49-41)45-47-43(35-13-6-2-7-14-35)46-44(48-45)36-15-8-3-9-16-36/h1-29H/i2D,3D,6D,7D,8D,9D,13D,14D,15D,16D. The van der Waals surface area contributed by atoms with Crippen molar-refractivity contribution in [3.8, 4) is 67.5 Å². The smallest absolute Gasteiger partial charge is 0.164 e. The monoisotopic (exact) mass is 637 g/mol. The van der Waals surface area contributed by atoms with Gasteiger partial charge in [-0.15, -0.1) is 0 Å². The number of rotatable bonds is 6. The third-order valence-corrected chi connectivity index (χ3v) is 8.36. The van der Waals surface area contributed by atoms with E-state index < -0.39 is 60.4 Å². The molecule has 0 saturated heterocycles. The summed E-state index contributed by atoms with van der Waals surface area (Å²) in [6.45, 7) is 0. The second-order valence-electron chi connectivity index (χ2n) is 11.3. The molecule has 0 aliphatic heterocycles. The molecule has 0 N–H and O–H groups in total. The minimum Gasteiger partial charge on any atom is -0.456 e. The first-order valence-electron chi connectivity index (χ1n) is 20.5. The van der Waals surface area contributed by atoms with Gasteiger partial charge in [-0.2, -0.15) is 0 Å². The molecule has 4 heteroatoms. The molecule has 0 atom stereocenters. The lowest BCUT2D eigenvalue weighted by Crippen LogP contribution is -2.00. The van der Waals surface area contributed by atoms with Crippen LogP contribution in [0.2, 0.25) is 0 Å². The van der Waals surface area contributed by atoms with Crippen LogP contribution in [0.1, 0.15) is 13.7 Å². The van der Waals surface area contributed by atoms with Gasteiger partial charge in [0.05, 0.1) is 13.7 Å². The van der Waals surface area contributed by atoms with Gasteiger partial charge >= 0.3 is 0 Å². The van der Waals surface area contributed by atoms with Crippen LogP contribution in [-0.2, 0) is 0 Å². The van der Waals surface area contributed by atoms with Crippen LogP contribution in [0.4, 0.5) is 0 Å². The lowest BCUT2D eigenvalue weighted by molar-refractivity contribution is 0.669. The van der Waals surface area contributed by atoms with Gasteiger partial charge in [0, 0.05) is 27.5 Å². The molecular weight excluding hydrogens is 599 g/mol. The van der Waals surface area contributed by atoms with Crippen LogP contribution in [0.15, 0.2) is 180 Å². The summed E-state index contributed by atoms with van der Waals surface area (Å²) >= 11 is 0. The van der Waals surface area contributed by atoms with E-state index in [1.54, 1.807) is 18.2 Å². The Hall–Kier alpha value is -6.65. The fraction of sp³-hybridized carbons (Fsp3) is 0. The minimum absolute atomic E-state index is 0.0278. The molecule has 49 heavy (non-hydrogen) atoms. The molecule has 230 valence electrons. The van der Waals surface area contributed by atoms with Gasteiger partial charge in [0.15, 0.2) is 17.5 Å². The highest BCUT2D eigenvalue weighted by Crippen LogP contribution is 2.39. The lowest BCUT2D eigenvalue weighted by Gasteiger charge is -2.09. The maximum Gasteiger partial charge on any atom is 0.164 e. The molecule has 0 spiro atoms. The molecule has 9 rings (SSSR count). The normalized spacial score (nSPS) is 14.1. The maximum absolute atomic E-state index is 8.65. The van der Waals surface area contributed by atoms with E-state index in [1.807, 2.05) is 36.4 Å². The number of hydrogen-bond donors (Lipinski definition) is 0. The van der Waals surface area contributed by atoms with Crippen molar-refractivity contribution in [1.29, 1.82) is 0 Å². The average molecular weight is 638 g/mol. The molecule has 2 heterocycles. The number of hydrogen-bond acceptors (Lipinski definition) is 4. The summed E-state index contributed by atoms with van der Waals surface area (Å²) in [5.74, 6) is -0.692. The molecule has 9 aromatic rings. The van der Waals surface area contributed by atoms with E-state index in [4.69, 9.17) is 18.1 Å². The summed E-state index contributed by atoms with van der Waals surface area (Å²) < 4.78 is 90.2. The SMILES string of the molecule is [2H]c1c([2H])c([2H])c(-c2nc(-c3ccc4oc5cccc(-c6ccc(-c7ccc(-c8ccccc8)cc7)cc6)c5c4c3)nc(-c3c([2H])c([2H])c([2H])c([2H])c3[2H])n2)c([2H])c1[2H]. The van der Waals surface area contributed by atoms with Crippen molar-refractivity contribution in [1.82, 2.24) is 15.0 Å². The van der Waals surface area contributed by atoms with Crippen LogP contribution in [0.3, 0.4) is 0 Å². The number of fused-ring (bicyclic) bond motifs is 3. The molecule has 4 nitrogen and oxygen atoms in total. The van der Waals surface area contributed by atoms with Gasteiger partial charge in [-0.3, -0.25) is 0 Å². The largest absolute Gasteiger partial charge is 0.456 e. The summed E-state index contributed by atoms with van der Waals surface area (Å²) in [6.07, 6.45) is 0. The fourth-order valence-corrected chi connectivity index (χ4v) is 5.99. The molecule has 0 bridgehead atoms. The van der Waals surface area contributed by atoms with E-state index in [0.29, 0.717) is 22.1 Å². The number of nitrogens with zero attached hydrogens (tertiary/aromatic N) is 3. The highest BCUT2D eigenvalue weighted by Gasteiger charge is 2.17. The molecule has 0 aliphatic rings. The topological polar surface area (TPSA) is 51.8 Å². The second-order valence-corrected chi connectivity index (χ2v) is 11.3. The van der Waals surface area contributed by atoms with Crippen molar-refractivity contribution >= 4 is 21.9 Å². The zero-order valence-electron chi connectivity index (χ0n) is 35.7. The van der Waals surface area contributed by atoms with E-state index in [2.05, 4.69) is 75.6 Å². The molecule has 0 amide bonds. The molecule has 0 fully saturated rings. The first-order valence-corrected chi connectivity index (χ1v) is 15.5. The maximum atomic E-state index is 8.65. The molecule has 0 saturated carbocycles. The second kappa shape index (κ2) is 12.2. The molecule has 2 aromatic heterocycles. The summed E-state index contributed by atoms with van der Waals surface area (Å²) in [5.41, 5.74) is 7.21. The minimum atomic E-state index is -0.611. The van der Waals surface area contributed by atoms with Crippen molar-refractivity contribution < 1.29 is 18.1 Å². The zero-order valence-corrected chi connectivity index (χ0v) is 25.7. The van der Waals surface area contributed by atoms with E-state index in [-0.39, 0.29) is 28.6 Å². The number of aromatic nitrogens is 3. The molecule has 7 aromatic carbocycles. The molecule has 0 unspecified atom stereocenters. The van der Waals surface area contributed by atoms with Gasteiger partial charge in [-0.25, -0.2) is 15.0 Å². The van der Waals surface area contributed by atoms with Crippen LogP contribution in [0.5, 0.6) is 0 Å². The van der Waals surface area contributed by atoms with E-state index in [9.17, 15) is 0 Å². The first-order chi connectivity index (χ1) is 28.4. The van der Waals surface area contributed by atoms with Crippen molar-refractivity contribution in [3.05, 3.63) is 176 Å². The van der Waals surface area contributed by atoms with Gasteiger partial charge in [0.2, 0.25) is 0 Å². The van der Waals surface area contributed by atoms with Gasteiger partial charge in [-0.05, 0) is 57.6 Å². The Balaban J connectivity index is 1.19. The van der Waals surface area contributed by atoms with Crippen molar-refractivity contribution in [2.45, 2.75) is 0 Å². The molecule has 0 radical (unpaired) electrons. The number of furan rings is 1. The Morgan fingerprint density at radius 3 is 1.45 bits per heavy atom. The third-order valence-electron chi connectivity index (χ3n) is 8.36. The van der Waals surface area contributed by atoms with Crippen molar-refractivity contribution in [2.24, 2.45) is 0 Å². The van der Waals surface area contributed by atoms with E-state index >= 15 is 0 Å². The van der Waals surface area contributed by atoms with Gasteiger partial charge < -0.3 is 4.42 Å². The predicted molar refractivity (Wildman–Crippen MR) is 200 cm³/mol. The Morgan fingerprint density at radius 1 is 0.388 bits per heavy atom. The van der Waals surface area contributed by atoms with Crippen LogP contribution < -0.4 is 0 Å². The zero-order chi connectivity index (χ0) is 41.3. The Morgan fingerprint density at radius 2 is 0.878 bits per heavy atom. The van der Waals surface area contributed by atoms with Crippen LogP contribution >= 0.6 is 0 Å². The Labute approximate surface area is 298 Å². The number of benzene rings is 7. The highest BCUT2D eigenvalue weighted by atomic mass is 16.3. The summed E-state index contributed by atoms with van der Waals surface area (Å²) in [5, 5.41) is 1.53. The van der Waals surface area contributed by atoms with Gasteiger partial charge in [0.1, 0.15) is 11.2 Å². The summed E-state index contributed by atoms with van der Waals surface area (Å²) in [4.78, 5) is 13.6. The van der Waals surface area contributed by atoms with E-state index in [0.717, 1.165) is 38.8 Å². The lowest BCUT2D eigenvalue weighted by atomic mass is 9.96. The Bertz CT molecular complexity index is 3010. The molecule has 0 aliphatic carbocycles. The Kier molecular flexibility index (Phi) is 4.94. The highest BCUT2D eigenvalue weighted by molar-refractivity contribution is 6.13. The van der Waals surface area contributed by atoms with Crippen molar-refractivity contribution in [3.63, 3.8) is 0 Å². The summed E-state index contributed by atoms with van der Waals surface area (Å²) in [7, 11) is 0. The average Bonchev–Trinajstić information content (AvgIpc) is 3.65. The van der Waals surface area contributed by atoms with Gasteiger partial charge in [-0.1, -0.05) is 151 Å².